The molecule has 0 spiro atoms. The van der Waals surface area contributed by atoms with Gasteiger partial charge in [-0.2, -0.15) is 5.10 Å². The predicted molar refractivity (Wildman–Crippen MR) is 73.3 cm³/mol. The van der Waals surface area contributed by atoms with Crippen molar-refractivity contribution >= 4 is 28.1 Å². The third-order valence-corrected chi connectivity index (χ3v) is 3.55. The number of aromatic nitrogens is 2. The van der Waals surface area contributed by atoms with E-state index in [2.05, 4.69) is 27.7 Å². The number of pyridine rings is 1. The summed E-state index contributed by atoms with van der Waals surface area (Å²) >= 11 is 2.14. The second-order valence-electron chi connectivity index (χ2n) is 3.81. The molecule has 0 unspecified atom stereocenters. The minimum absolute atomic E-state index is 0.229. The molecule has 18 heavy (non-hydrogen) atoms. The predicted octanol–water partition coefficient (Wildman–Crippen LogP) is 3.88. The van der Waals surface area contributed by atoms with Crippen molar-refractivity contribution in [1.29, 1.82) is 0 Å². The molecule has 0 aliphatic carbocycles. The molecule has 0 aliphatic heterocycles. The molecule has 0 saturated heterocycles. The third kappa shape index (κ3) is 1.69. The summed E-state index contributed by atoms with van der Waals surface area (Å²) < 4.78 is 29.6. The highest BCUT2D eigenvalue weighted by Gasteiger charge is 2.14. The maximum Gasteiger partial charge on any atom is 0.166 e. The Morgan fingerprint density at radius 3 is 2.61 bits per heavy atom. The van der Waals surface area contributed by atoms with E-state index >= 15 is 0 Å². The van der Waals surface area contributed by atoms with Gasteiger partial charge in [0.25, 0.3) is 0 Å². The number of halogens is 3. The van der Waals surface area contributed by atoms with Crippen LogP contribution in [0.25, 0.3) is 16.6 Å². The second kappa shape index (κ2) is 4.31. The van der Waals surface area contributed by atoms with Crippen molar-refractivity contribution < 1.29 is 8.78 Å². The normalized spacial score (nSPS) is 11.1. The Morgan fingerprint density at radius 1 is 1.00 bits per heavy atom. The zero-order valence-corrected chi connectivity index (χ0v) is 11.2. The third-order valence-electron chi connectivity index (χ3n) is 2.74. The van der Waals surface area contributed by atoms with Gasteiger partial charge in [0.1, 0.15) is 3.70 Å². The molecule has 0 saturated carbocycles. The number of hydrogen-bond acceptors (Lipinski definition) is 1. The zero-order valence-electron chi connectivity index (χ0n) is 9.07. The quantitative estimate of drug-likeness (QED) is 0.478. The lowest BCUT2D eigenvalue weighted by Crippen LogP contribution is -1.92. The molecular weight excluding hydrogens is 349 g/mol. The van der Waals surface area contributed by atoms with Gasteiger partial charge in [-0.15, -0.1) is 0 Å². The molecule has 90 valence electrons. The van der Waals surface area contributed by atoms with Crippen molar-refractivity contribution in [1.82, 2.24) is 9.61 Å². The summed E-state index contributed by atoms with van der Waals surface area (Å²) in [5, 5.41) is 4.19. The van der Waals surface area contributed by atoms with E-state index in [9.17, 15) is 8.78 Å². The molecule has 2 heterocycles. The molecule has 1 aromatic carbocycles. The average molecular weight is 356 g/mol. The fourth-order valence-electron chi connectivity index (χ4n) is 1.90. The molecule has 0 bridgehead atoms. The molecule has 3 aromatic rings. The van der Waals surface area contributed by atoms with Gasteiger partial charge in [-0.1, -0.05) is 18.2 Å². The molecule has 0 aliphatic rings. The number of nitrogens with zero attached hydrogens (tertiary/aromatic N) is 2. The van der Waals surface area contributed by atoms with Crippen LogP contribution in [0, 0.1) is 15.3 Å². The van der Waals surface area contributed by atoms with E-state index in [-0.39, 0.29) is 5.56 Å². The summed E-state index contributed by atoms with van der Waals surface area (Å²) in [6.07, 6.45) is 1.55. The van der Waals surface area contributed by atoms with Crippen molar-refractivity contribution in [2.75, 3.05) is 0 Å². The van der Waals surface area contributed by atoms with Crippen LogP contribution in [0.3, 0.4) is 0 Å². The summed E-state index contributed by atoms with van der Waals surface area (Å²) in [4.78, 5) is 0. The first-order valence-corrected chi connectivity index (χ1v) is 6.33. The molecule has 3 rings (SSSR count). The van der Waals surface area contributed by atoms with E-state index in [0.717, 1.165) is 15.3 Å². The van der Waals surface area contributed by atoms with Crippen LogP contribution in [0.5, 0.6) is 0 Å². The van der Waals surface area contributed by atoms with E-state index in [0.29, 0.717) is 5.56 Å². The van der Waals surface area contributed by atoms with Gasteiger partial charge in [-0.05, 0) is 40.8 Å². The van der Waals surface area contributed by atoms with Crippen molar-refractivity contribution in [2.45, 2.75) is 0 Å². The SMILES string of the molecule is Fc1cccc(-c2cnn3c(I)cccc23)c1F. The van der Waals surface area contributed by atoms with Crippen LogP contribution in [0.2, 0.25) is 0 Å². The highest BCUT2D eigenvalue weighted by Crippen LogP contribution is 2.28. The summed E-state index contributed by atoms with van der Waals surface area (Å²) in [6.45, 7) is 0. The molecule has 5 heteroatoms. The Balaban J connectivity index is 2.33. The minimum atomic E-state index is -0.850. The highest BCUT2D eigenvalue weighted by molar-refractivity contribution is 14.1. The number of hydrogen-bond donors (Lipinski definition) is 0. The van der Waals surface area contributed by atoms with Crippen molar-refractivity contribution in [3.8, 4) is 11.1 Å². The molecule has 2 nitrogen and oxygen atoms in total. The Kier molecular flexibility index (Phi) is 2.77. The largest absolute Gasteiger partial charge is 0.227 e. The molecular formula is C13H7F2IN2. The monoisotopic (exact) mass is 356 g/mol. The molecule has 0 fully saturated rings. The summed E-state index contributed by atoms with van der Waals surface area (Å²) in [5.74, 6) is -1.69. The lowest BCUT2D eigenvalue weighted by Gasteiger charge is -2.02. The van der Waals surface area contributed by atoms with Crippen LogP contribution < -0.4 is 0 Å². The first-order chi connectivity index (χ1) is 8.68. The van der Waals surface area contributed by atoms with Gasteiger partial charge in [-0.3, -0.25) is 0 Å². The summed E-state index contributed by atoms with van der Waals surface area (Å²) in [6, 6.07) is 9.73. The van der Waals surface area contributed by atoms with Crippen LogP contribution in [0.15, 0.2) is 42.6 Å². The van der Waals surface area contributed by atoms with E-state index in [4.69, 9.17) is 0 Å². The Labute approximate surface area is 115 Å². The van der Waals surface area contributed by atoms with E-state index in [1.54, 1.807) is 16.8 Å². The van der Waals surface area contributed by atoms with Crippen molar-refractivity contribution in [3.63, 3.8) is 0 Å². The van der Waals surface area contributed by atoms with Gasteiger partial charge in [0.15, 0.2) is 11.6 Å². The molecule has 0 radical (unpaired) electrons. The minimum Gasteiger partial charge on any atom is -0.227 e. The maximum atomic E-state index is 13.8. The van der Waals surface area contributed by atoms with Crippen molar-refractivity contribution in [2.24, 2.45) is 0 Å². The Morgan fingerprint density at radius 2 is 1.78 bits per heavy atom. The van der Waals surface area contributed by atoms with Gasteiger partial charge in [0, 0.05) is 11.1 Å². The maximum absolute atomic E-state index is 13.8. The first-order valence-electron chi connectivity index (χ1n) is 5.25. The number of rotatable bonds is 1. The fraction of sp³-hybridized carbons (Fsp3) is 0. The second-order valence-corrected chi connectivity index (χ2v) is 4.91. The number of benzene rings is 1. The molecule has 0 atom stereocenters. The molecule has 0 amide bonds. The lowest BCUT2D eigenvalue weighted by molar-refractivity contribution is 0.511. The van der Waals surface area contributed by atoms with Gasteiger partial charge < -0.3 is 0 Å². The van der Waals surface area contributed by atoms with Gasteiger partial charge >= 0.3 is 0 Å². The van der Waals surface area contributed by atoms with E-state index in [1.165, 1.54) is 6.07 Å². The van der Waals surface area contributed by atoms with E-state index < -0.39 is 11.6 Å². The fourth-order valence-corrected chi connectivity index (χ4v) is 2.49. The van der Waals surface area contributed by atoms with Crippen LogP contribution in [-0.4, -0.2) is 9.61 Å². The van der Waals surface area contributed by atoms with Crippen LogP contribution in [0.1, 0.15) is 0 Å². The smallest absolute Gasteiger partial charge is 0.166 e. The standard InChI is InChI=1S/C13H7F2IN2/c14-10-4-1-3-8(13(10)15)9-7-17-18-11(9)5-2-6-12(18)16/h1-7H. The van der Waals surface area contributed by atoms with Crippen LogP contribution in [-0.2, 0) is 0 Å². The van der Waals surface area contributed by atoms with Gasteiger partial charge in [-0.25, -0.2) is 13.3 Å². The topological polar surface area (TPSA) is 17.3 Å². The van der Waals surface area contributed by atoms with Crippen LogP contribution in [0.4, 0.5) is 8.78 Å². The Bertz CT molecular complexity index is 737. The summed E-state index contributed by atoms with van der Waals surface area (Å²) in [7, 11) is 0. The van der Waals surface area contributed by atoms with Gasteiger partial charge in [0.2, 0.25) is 0 Å². The molecule has 2 aromatic heterocycles. The average Bonchev–Trinajstić information content (AvgIpc) is 2.78. The first kappa shape index (κ1) is 11.6. The van der Waals surface area contributed by atoms with Gasteiger partial charge in [0.05, 0.1) is 11.7 Å². The summed E-state index contributed by atoms with van der Waals surface area (Å²) in [5.41, 5.74) is 1.57. The number of fused-ring (bicyclic) bond motifs is 1. The van der Waals surface area contributed by atoms with E-state index in [1.807, 2.05) is 18.2 Å². The lowest BCUT2D eigenvalue weighted by atomic mass is 10.1. The van der Waals surface area contributed by atoms with Crippen LogP contribution >= 0.6 is 22.6 Å². The zero-order chi connectivity index (χ0) is 12.7. The Hall–Kier alpha value is -1.50. The molecule has 0 N–H and O–H groups in total. The highest BCUT2D eigenvalue weighted by atomic mass is 127. The van der Waals surface area contributed by atoms with Crippen molar-refractivity contribution in [3.05, 3.63) is 57.9 Å².